The first kappa shape index (κ1) is 67.8. The van der Waals surface area contributed by atoms with Crippen molar-refractivity contribution in [3.8, 4) is 0 Å². The second kappa shape index (κ2) is 59.4. The van der Waals surface area contributed by atoms with Crippen molar-refractivity contribution in [2.45, 2.75) is 309 Å². The SMILES string of the molecule is CC/C=C\C/C=C\C/C=C\C/C=C\C/C=C\CCCCCCCCCCCCCCCCCC(=O)OCC(COC(=O)CCCCCCCCCCCCC)OC(=O)CCCCCCC/C=C\CCCC. The Kier molecular flexibility index (Phi) is 56.8. The van der Waals surface area contributed by atoms with Crippen LogP contribution in [0.3, 0.4) is 0 Å². The molecular formula is C65H114O6. The van der Waals surface area contributed by atoms with Gasteiger partial charge in [-0.05, 0) is 83.5 Å². The summed E-state index contributed by atoms with van der Waals surface area (Å²) < 4.78 is 16.8. The summed E-state index contributed by atoms with van der Waals surface area (Å²) in [6, 6.07) is 0. The fourth-order valence-corrected chi connectivity index (χ4v) is 8.63. The molecule has 0 rings (SSSR count). The van der Waals surface area contributed by atoms with Crippen molar-refractivity contribution in [2.24, 2.45) is 0 Å². The maximum Gasteiger partial charge on any atom is 0.306 e. The lowest BCUT2D eigenvalue weighted by Crippen LogP contribution is -2.30. The van der Waals surface area contributed by atoms with E-state index in [-0.39, 0.29) is 31.1 Å². The second-order valence-corrected chi connectivity index (χ2v) is 20.2. The smallest absolute Gasteiger partial charge is 0.306 e. The molecule has 1 unspecified atom stereocenters. The maximum absolute atomic E-state index is 12.8. The molecule has 0 aromatic rings. The Bertz CT molecular complexity index is 1320. The molecule has 0 saturated carbocycles. The molecule has 0 fully saturated rings. The highest BCUT2D eigenvalue weighted by atomic mass is 16.6. The molecule has 71 heavy (non-hydrogen) atoms. The highest BCUT2D eigenvalue weighted by Crippen LogP contribution is 2.16. The van der Waals surface area contributed by atoms with E-state index in [9.17, 15) is 14.4 Å². The Morgan fingerprint density at radius 3 is 0.915 bits per heavy atom. The molecule has 0 saturated heterocycles. The molecule has 410 valence electrons. The lowest BCUT2D eigenvalue weighted by Gasteiger charge is -2.18. The first-order valence-electron chi connectivity index (χ1n) is 30.4. The van der Waals surface area contributed by atoms with Crippen molar-refractivity contribution in [1.29, 1.82) is 0 Å². The lowest BCUT2D eigenvalue weighted by molar-refractivity contribution is -0.167. The first-order chi connectivity index (χ1) is 35.0. The van der Waals surface area contributed by atoms with Gasteiger partial charge in [0.15, 0.2) is 6.10 Å². The molecule has 0 heterocycles. The van der Waals surface area contributed by atoms with Gasteiger partial charge in [0, 0.05) is 19.3 Å². The van der Waals surface area contributed by atoms with Crippen LogP contribution in [-0.2, 0) is 28.6 Å². The van der Waals surface area contributed by atoms with E-state index in [2.05, 4.69) is 93.7 Å². The predicted molar refractivity (Wildman–Crippen MR) is 307 cm³/mol. The summed E-state index contributed by atoms with van der Waals surface area (Å²) in [5, 5.41) is 0. The molecule has 0 radical (unpaired) electrons. The van der Waals surface area contributed by atoms with Crippen LogP contribution in [0.25, 0.3) is 0 Å². The molecule has 0 aromatic carbocycles. The summed E-state index contributed by atoms with van der Waals surface area (Å²) in [5.74, 6) is -0.875. The highest BCUT2D eigenvalue weighted by molar-refractivity contribution is 5.71. The van der Waals surface area contributed by atoms with Crippen molar-refractivity contribution in [1.82, 2.24) is 0 Å². The monoisotopic (exact) mass is 991 g/mol. The van der Waals surface area contributed by atoms with Crippen molar-refractivity contribution in [3.05, 3.63) is 72.9 Å². The normalized spacial score (nSPS) is 12.5. The van der Waals surface area contributed by atoms with Crippen LogP contribution in [0, 0.1) is 0 Å². The largest absolute Gasteiger partial charge is 0.462 e. The second-order valence-electron chi connectivity index (χ2n) is 20.2. The molecule has 0 amide bonds. The Morgan fingerprint density at radius 1 is 0.296 bits per heavy atom. The van der Waals surface area contributed by atoms with Crippen molar-refractivity contribution >= 4 is 17.9 Å². The Balaban J connectivity index is 4.08. The van der Waals surface area contributed by atoms with Crippen LogP contribution < -0.4 is 0 Å². The zero-order valence-electron chi connectivity index (χ0n) is 47.0. The zero-order valence-corrected chi connectivity index (χ0v) is 47.0. The summed E-state index contributed by atoms with van der Waals surface area (Å²) in [4.78, 5) is 38.0. The van der Waals surface area contributed by atoms with Crippen molar-refractivity contribution in [3.63, 3.8) is 0 Å². The number of rotatable bonds is 55. The number of unbranched alkanes of at least 4 members (excludes halogenated alkanes) is 32. The Hall–Kier alpha value is -3.15. The average molecular weight is 992 g/mol. The van der Waals surface area contributed by atoms with Gasteiger partial charge >= 0.3 is 17.9 Å². The molecule has 0 aliphatic heterocycles. The summed E-state index contributed by atoms with van der Waals surface area (Å²) in [6.45, 7) is 6.49. The fraction of sp³-hybridized carbons (Fsp3) is 0.769. The van der Waals surface area contributed by atoms with Crippen LogP contribution in [0.4, 0.5) is 0 Å². The van der Waals surface area contributed by atoms with Gasteiger partial charge in [-0.15, -0.1) is 0 Å². The number of ether oxygens (including phenoxy) is 3. The first-order valence-corrected chi connectivity index (χ1v) is 30.4. The molecular weight excluding hydrogens is 877 g/mol. The third-order valence-corrected chi connectivity index (χ3v) is 13.2. The number of carbonyl (C=O) groups excluding carboxylic acids is 3. The molecule has 6 nitrogen and oxygen atoms in total. The van der Waals surface area contributed by atoms with Crippen LogP contribution >= 0.6 is 0 Å². The van der Waals surface area contributed by atoms with E-state index in [1.165, 1.54) is 161 Å². The van der Waals surface area contributed by atoms with Crippen LogP contribution in [0.1, 0.15) is 303 Å². The molecule has 0 bridgehead atoms. The van der Waals surface area contributed by atoms with Gasteiger partial charge in [-0.2, -0.15) is 0 Å². The summed E-state index contributed by atoms with van der Waals surface area (Å²) >= 11 is 0. The Morgan fingerprint density at radius 2 is 0.563 bits per heavy atom. The molecule has 0 aliphatic carbocycles. The van der Waals surface area contributed by atoms with E-state index in [1.54, 1.807) is 0 Å². The van der Waals surface area contributed by atoms with E-state index < -0.39 is 6.10 Å². The minimum atomic E-state index is -0.775. The molecule has 0 aromatic heterocycles. The van der Waals surface area contributed by atoms with E-state index >= 15 is 0 Å². The number of carbonyl (C=O) groups is 3. The fourth-order valence-electron chi connectivity index (χ4n) is 8.63. The van der Waals surface area contributed by atoms with Gasteiger partial charge in [0.1, 0.15) is 13.2 Å². The van der Waals surface area contributed by atoms with Gasteiger partial charge in [-0.25, -0.2) is 0 Å². The molecule has 1 atom stereocenters. The number of esters is 3. The average Bonchev–Trinajstić information content (AvgIpc) is 3.37. The summed E-state index contributed by atoms with van der Waals surface area (Å²) in [7, 11) is 0. The van der Waals surface area contributed by atoms with Crippen LogP contribution in [-0.4, -0.2) is 37.2 Å². The maximum atomic E-state index is 12.8. The lowest BCUT2D eigenvalue weighted by atomic mass is 10.0. The quantitative estimate of drug-likeness (QED) is 0.0261. The van der Waals surface area contributed by atoms with Crippen LogP contribution in [0.2, 0.25) is 0 Å². The van der Waals surface area contributed by atoms with Crippen LogP contribution in [0.5, 0.6) is 0 Å². The summed E-state index contributed by atoms with van der Waals surface area (Å²) in [6.07, 6.45) is 76.3. The van der Waals surface area contributed by atoms with E-state index in [0.717, 1.165) is 103 Å². The minimum absolute atomic E-state index is 0.0743. The zero-order chi connectivity index (χ0) is 51.4. The molecule has 0 spiro atoms. The van der Waals surface area contributed by atoms with Crippen LogP contribution in [0.15, 0.2) is 72.9 Å². The van der Waals surface area contributed by atoms with Crippen molar-refractivity contribution in [2.75, 3.05) is 13.2 Å². The van der Waals surface area contributed by atoms with E-state index in [1.807, 2.05) is 0 Å². The number of allylic oxidation sites excluding steroid dienone is 12. The Labute approximate surface area is 440 Å². The molecule has 0 N–H and O–H groups in total. The van der Waals surface area contributed by atoms with Gasteiger partial charge in [0.05, 0.1) is 0 Å². The third kappa shape index (κ3) is 57.6. The minimum Gasteiger partial charge on any atom is -0.462 e. The van der Waals surface area contributed by atoms with E-state index in [0.29, 0.717) is 19.3 Å². The summed E-state index contributed by atoms with van der Waals surface area (Å²) in [5.41, 5.74) is 0. The number of hydrogen-bond donors (Lipinski definition) is 0. The van der Waals surface area contributed by atoms with Crippen molar-refractivity contribution < 1.29 is 28.6 Å². The van der Waals surface area contributed by atoms with Gasteiger partial charge in [-0.1, -0.05) is 273 Å². The highest BCUT2D eigenvalue weighted by Gasteiger charge is 2.19. The predicted octanol–water partition coefficient (Wildman–Crippen LogP) is 20.5. The number of hydrogen-bond acceptors (Lipinski definition) is 6. The van der Waals surface area contributed by atoms with E-state index in [4.69, 9.17) is 14.2 Å². The molecule has 6 heteroatoms. The van der Waals surface area contributed by atoms with Gasteiger partial charge in [-0.3, -0.25) is 14.4 Å². The molecule has 0 aliphatic rings. The van der Waals surface area contributed by atoms with Gasteiger partial charge < -0.3 is 14.2 Å². The van der Waals surface area contributed by atoms with Gasteiger partial charge in [0.25, 0.3) is 0 Å². The topological polar surface area (TPSA) is 78.9 Å². The third-order valence-electron chi connectivity index (χ3n) is 13.2. The van der Waals surface area contributed by atoms with Gasteiger partial charge in [0.2, 0.25) is 0 Å². The standard InChI is InChI=1S/C65H114O6/c1-4-7-10-13-16-19-22-23-24-25-26-27-28-29-30-31-32-33-34-35-36-37-38-39-40-41-44-46-49-52-55-58-64(67)70-61-62(71-65(68)59-56-53-50-47-43-21-18-15-12-9-6-3)60-69-63(66)57-54-51-48-45-42-20-17-14-11-8-5-2/h7,10,15-16,18-19,23-24,26-27,29-30,62H,4-6,8-9,11-14,17,20-22,25,28,31-61H2,1-3H3/b10-7-,18-15-,19-16-,24-23-,27-26-,30-29-.